The van der Waals surface area contributed by atoms with Gasteiger partial charge in [-0.1, -0.05) is 82.3 Å². The normalized spacial score (nSPS) is 11.7. The summed E-state index contributed by atoms with van der Waals surface area (Å²) in [5, 5.41) is 0. The smallest absolute Gasteiger partial charge is 0.348 e. The molecule has 0 N–H and O–H groups in total. The lowest BCUT2D eigenvalue weighted by atomic mass is 10.0. The molecule has 0 amide bonds. The molecule has 0 aliphatic rings. The summed E-state index contributed by atoms with van der Waals surface area (Å²) in [6.07, 6.45) is 0. The van der Waals surface area contributed by atoms with E-state index in [2.05, 4.69) is 64.1 Å². The molecule has 0 spiro atoms. The first-order valence-electron chi connectivity index (χ1n) is 10.2. The molecule has 0 unspecified atom stereocenters. The lowest BCUT2D eigenvalue weighted by Crippen LogP contribution is -1.99. The van der Waals surface area contributed by atoms with Crippen molar-refractivity contribution in [2.45, 2.75) is 45.3 Å². The van der Waals surface area contributed by atoms with Crippen LogP contribution in [0, 0.1) is 0 Å². The van der Waals surface area contributed by atoms with Crippen LogP contribution in [0.15, 0.2) is 78.9 Å². The predicted molar refractivity (Wildman–Crippen MR) is 134 cm³/mol. The topological polar surface area (TPSA) is 18.5 Å². The van der Waals surface area contributed by atoms with Crippen molar-refractivity contribution in [2.75, 3.05) is 0 Å². The highest BCUT2D eigenvalue weighted by Crippen LogP contribution is 2.61. The molecule has 0 atom stereocenters. The highest BCUT2D eigenvalue weighted by molar-refractivity contribution is 8.67. The SMILES string of the molecule is CC(C)c1ccc(OP(=S)(Oc2ccc(C(C)C)cc2)SCc2ccccc2)cc1. The molecule has 3 aromatic rings. The van der Waals surface area contributed by atoms with Gasteiger partial charge in [0, 0.05) is 5.75 Å². The van der Waals surface area contributed by atoms with Crippen LogP contribution in [0.25, 0.3) is 0 Å². The van der Waals surface area contributed by atoms with E-state index in [9.17, 15) is 0 Å². The van der Waals surface area contributed by atoms with Gasteiger partial charge in [0.15, 0.2) is 0 Å². The Balaban J connectivity index is 1.80. The third-order valence-corrected chi connectivity index (χ3v) is 9.59. The predicted octanol–water partition coefficient (Wildman–Crippen LogP) is 8.55. The van der Waals surface area contributed by atoms with Crippen molar-refractivity contribution in [3.8, 4) is 11.5 Å². The van der Waals surface area contributed by atoms with Gasteiger partial charge in [-0.25, -0.2) is 0 Å². The molecule has 30 heavy (non-hydrogen) atoms. The molecule has 3 rings (SSSR count). The van der Waals surface area contributed by atoms with Gasteiger partial charge in [0.25, 0.3) is 0 Å². The van der Waals surface area contributed by atoms with Gasteiger partial charge >= 0.3 is 5.69 Å². The third-order valence-electron chi connectivity index (χ3n) is 4.76. The van der Waals surface area contributed by atoms with Crippen molar-refractivity contribution in [3.63, 3.8) is 0 Å². The maximum absolute atomic E-state index is 6.31. The average molecular weight is 457 g/mol. The quantitative estimate of drug-likeness (QED) is 0.300. The van der Waals surface area contributed by atoms with E-state index in [1.54, 1.807) is 11.4 Å². The molecule has 3 aromatic carbocycles. The van der Waals surface area contributed by atoms with Crippen molar-refractivity contribution < 1.29 is 9.05 Å². The Kier molecular flexibility index (Phi) is 8.05. The monoisotopic (exact) mass is 456 g/mol. The van der Waals surface area contributed by atoms with Gasteiger partial charge in [0.1, 0.15) is 11.5 Å². The van der Waals surface area contributed by atoms with Crippen molar-refractivity contribution in [2.24, 2.45) is 0 Å². The van der Waals surface area contributed by atoms with E-state index in [1.807, 2.05) is 42.5 Å². The van der Waals surface area contributed by atoms with Gasteiger partial charge in [-0.2, -0.15) is 0 Å². The molecule has 0 aliphatic heterocycles. The standard InChI is InChI=1S/C25H29O2PS2/c1-19(2)22-10-14-24(15-11-22)26-28(29,30-18-21-8-6-5-7-9-21)27-25-16-12-23(13-17-25)20(3)4/h5-17,19-20H,18H2,1-4H3. The van der Waals surface area contributed by atoms with Gasteiger partial charge in [-0.15, -0.1) is 0 Å². The first-order chi connectivity index (χ1) is 14.3. The van der Waals surface area contributed by atoms with E-state index in [1.165, 1.54) is 16.7 Å². The van der Waals surface area contributed by atoms with Gasteiger partial charge < -0.3 is 9.05 Å². The summed E-state index contributed by atoms with van der Waals surface area (Å²) in [7, 11) is 0. The average Bonchev–Trinajstić information content (AvgIpc) is 2.74. The molecule has 0 saturated heterocycles. The van der Waals surface area contributed by atoms with Crippen LogP contribution >= 0.6 is 17.1 Å². The zero-order chi connectivity index (χ0) is 21.6. The molecular formula is C25H29O2PS2. The molecule has 0 heterocycles. The Labute approximate surface area is 189 Å². The minimum atomic E-state index is -2.66. The fraction of sp³-hybridized carbons (Fsp3) is 0.280. The Morgan fingerprint density at radius 3 is 1.53 bits per heavy atom. The second-order valence-electron chi connectivity index (χ2n) is 7.84. The lowest BCUT2D eigenvalue weighted by Gasteiger charge is -2.23. The molecule has 2 nitrogen and oxygen atoms in total. The molecule has 0 fully saturated rings. The van der Waals surface area contributed by atoms with Crippen molar-refractivity contribution in [1.29, 1.82) is 0 Å². The molecule has 5 heteroatoms. The Bertz CT molecular complexity index is 911. The second kappa shape index (κ2) is 10.5. The van der Waals surface area contributed by atoms with Gasteiger partial charge in [0.2, 0.25) is 0 Å². The summed E-state index contributed by atoms with van der Waals surface area (Å²) < 4.78 is 12.6. The summed E-state index contributed by atoms with van der Waals surface area (Å²) in [6, 6.07) is 26.6. The third kappa shape index (κ3) is 6.63. The fourth-order valence-electron chi connectivity index (χ4n) is 2.88. The van der Waals surface area contributed by atoms with Crippen molar-refractivity contribution in [3.05, 3.63) is 95.6 Å². The minimum Gasteiger partial charge on any atom is -0.428 e. The molecule has 0 radical (unpaired) electrons. The van der Waals surface area contributed by atoms with Gasteiger partial charge in [-0.3, -0.25) is 0 Å². The molecule has 0 aromatic heterocycles. The van der Waals surface area contributed by atoms with Crippen LogP contribution in [0.2, 0.25) is 0 Å². The summed E-state index contributed by atoms with van der Waals surface area (Å²) in [5.74, 6) is 3.20. The van der Waals surface area contributed by atoms with Crippen LogP contribution in [-0.4, -0.2) is 0 Å². The summed E-state index contributed by atoms with van der Waals surface area (Å²) >= 11 is 7.53. The van der Waals surface area contributed by atoms with Gasteiger partial charge in [0.05, 0.1) is 0 Å². The van der Waals surface area contributed by atoms with Crippen LogP contribution in [0.1, 0.15) is 56.2 Å². The van der Waals surface area contributed by atoms with E-state index in [4.69, 9.17) is 20.9 Å². The number of rotatable bonds is 9. The van der Waals surface area contributed by atoms with Gasteiger partial charge in [-0.05, 0) is 76.0 Å². The molecule has 0 saturated carbocycles. The highest BCUT2D eigenvalue weighted by Gasteiger charge is 2.24. The summed E-state index contributed by atoms with van der Waals surface area (Å²) in [4.78, 5) is 0. The lowest BCUT2D eigenvalue weighted by molar-refractivity contribution is 0.506. The van der Waals surface area contributed by atoms with Crippen LogP contribution < -0.4 is 9.05 Å². The zero-order valence-electron chi connectivity index (χ0n) is 17.9. The molecule has 0 aliphatic carbocycles. The Hall–Kier alpha value is -1.74. The maximum Gasteiger partial charge on any atom is 0.348 e. The largest absolute Gasteiger partial charge is 0.428 e. The van der Waals surface area contributed by atoms with E-state index >= 15 is 0 Å². The summed E-state index contributed by atoms with van der Waals surface area (Å²) in [6.45, 7) is 8.72. The van der Waals surface area contributed by atoms with Crippen LogP contribution in [0.5, 0.6) is 11.5 Å². The Morgan fingerprint density at radius 2 is 1.13 bits per heavy atom. The van der Waals surface area contributed by atoms with Crippen LogP contribution in [0.4, 0.5) is 0 Å². The Morgan fingerprint density at radius 1 is 0.700 bits per heavy atom. The second-order valence-corrected chi connectivity index (χ2v) is 14.0. The van der Waals surface area contributed by atoms with E-state index < -0.39 is 5.69 Å². The molecule has 0 bridgehead atoms. The highest BCUT2D eigenvalue weighted by atomic mass is 32.9. The first-order valence-corrected chi connectivity index (χ1v) is 14.4. The number of benzene rings is 3. The number of hydrogen-bond acceptors (Lipinski definition) is 4. The van der Waals surface area contributed by atoms with Crippen molar-refractivity contribution >= 4 is 28.9 Å². The maximum atomic E-state index is 6.31. The van der Waals surface area contributed by atoms with Crippen molar-refractivity contribution in [1.82, 2.24) is 0 Å². The molecular weight excluding hydrogens is 427 g/mol. The molecule has 158 valence electrons. The fourth-order valence-corrected chi connectivity index (χ4v) is 7.03. The van der Waals surface area contributed by atoms with E-state index in [-0.39, 0.29) is 0 Å². The number of hydrogen-bond donors (Lipinski definition) is 0. The minimum absolute atomic E-state index is 0.477. The summed E-state index contributed by atoms with van der Waals surface area (Å²) in [5.41, 5.74) is 1.10. The van der Waals surface area contributed by atoms with E-state index in [0.717, 1.165) is 17.3 Å². The van der Waals surface area contributed by atoms with Crippen LogP contribution in [0.3, 0.4) is 0 Å². The van der Waals surface area contributed by atoms with E-state index in [0.29, 0.717) is 11.8 Å². The zero-order valence-corrected chi connectivity index (χ0v) is 20.5. The van der Waals surface area contributed by atoms with Crippen LogP contribution in [-0.2, 0) is 17.6 Å². The first kappa shape index (κ1) is 22.9.